The van der Waals surface area contributed by atoms with Gasteiger partial charge in [0.25, 0.3) is 5.91 Å². The van der Waals surface area contributed by atoms with Crippen LogP contribution in [0.5, 0.6) is 0 Å². The number of carbonyl (C=O) groups is 2. The van der Waals surface area contributed by atoms with Crippen LogP contribution in [0.25, 0.3) is 0 Å². The Labute approximate surface area is 177 Å². The van der Waals surface area contributed by atoms with E-state index in [9.17, 15) is 18.0 Å². The van der Waals surface area contributed by atoms with E-state index in [1.807, 2.05) is 32.9 Å². The highest BCUT2D eigenvalue weighted by Gasteiger charge is 2.30. The Morgan fingerprint density at radius 3 is 2.10 bits per heavy atom. The van der Waals surface area contributed by atoms with Crippen molar-refractivity contribution in [1.82, 2.24) is 9.21 Å². The van der Waals surface area contributed by atoms with Crippen LogP contribution in [0.1, 0.15) is 27.0 Å². The predicted octanol–water partition coefficient (Wildman–Crippen LogP) is 2.30. The van der Waals surface area contributed by atoms with Gasteiger partial charge in [0.1, 0.15) is 0 Å². The maximum absolute atomic E-state index is 12.8. The number of carbonyl (C=O) groups excluding carboxylic acids is 2. The van der Waals surface area contributed by atoms with Gasteiger partial charge in [-0.1, -0.05) is 35.4 Å². The Hall–Kier alpha value is -2.71. The quantitative estimate of drug-likeness (QED) is 0.680. The van der Waals surface area contributed by atoms with Gasteiger partial charge in [0.05, 0.1) is 10.5 Å². The Kier molecular flexibility index (Phi) is 6.58. The first kappa shape index (κ1) is 22.0. The molecule has 2 aromatic rings. The average Bonchev–Trinajstić information content (AvgIpc) is 2.72. The third-order valence-corrected chi connectivity index (χ3v) is 7.09. The number of aryl methyl sites for hydroxylation is 3. The van der Waals surface area contributed by atoms with E-state index in [1.165, 1.54) is 9.21 Å². The molecular weight excluding hydrogens is 404 g/mol. The SMILES string of the molecule is Cc1ccc(S(=O)(=O)N2CCN(C(=O)COC(=O)c3ccc(C)cc3C)CC2)cc1. The lowest BCUT2D eigenvalue weighted by Gasteiger charge is -2.33. The summed E-state index contributed by atoms with van der Waals surface area (Å²) in [7, 11) is -3.59. The van der Waals surface area contributed by atoms with Gasteiger partial charge >= 0.3 is 5.97 Å². The van der Waals surface area contributed by atoms with Crippen LogP contribution in [0.2, 0.25) is 0 Å². The van der Waals surface area contributed by atoms with Crippen molar-refractivity contribution in [3.63, 3.8) is 0 Å². The van der Waals surface area contributed by atoms with E-state index in [4.69, 9.17) is 4.74 Å². The molecule has 0 saturated carbocycles. The van der Waals surface area contributed by atoms with E-state index in [0.717, 1.165) is 16.7 Å². The Morgan fingerprint density at radius 2 is 1.50 bits per heavy atom. The third-order valence-electron chi connectivity index (χ3n) is 5.18. The fourth-order valence-corrected chi connectivity index (χ4v) is 4.80. The second kappa shape index (κ2) is 8.97. The molecule has 0 aliphatic carbocycles. The largest absolute Gasteiger partial charge is 0.452 e. The number of rotatable bonds is 5. The van der Waals surface area contributed by atoms with Gasteiger partial charge in [0.15, 0.2) is 6.61 Å². The van der Waals surface area contributed by atoms with Crippen molar-refractivity contribution in [2.45, 2.75) is 25.7 Å². The molecule has 8 heteroatoms. The van der Waals surface area contributed by atoms with Gasteiger partial charge in [-0.3, -0.25) is 4.79 Å². The van der Waals surface area contributed by atoms with Crippen LogP contribution in [0, 0.1) is 20.8 Å². The van der Waals surface area contributed by atoms with Crippen molar-refractivity contribution < 1.29 is 22.7 Å². The van der Waals surface area contributed by atoms with Gasteiger partial charge in [0.2, 0.25) is 10.0 Å². The lowest BCUT2D eigenvalue weighted by molar-refractivity contribution is -0.135. The molecule has 30 heavy (non-hydrogen) atoms. The summed E-state index contributed by atoms with van der Waals surface area (Å²) in [5.41, 5.74) is 3.25. The molecule has 2 aromatic carbocycles. The van der Waals surface area contributed by atoms with Crippen molar-refractivity contribution in [3.8, 4) is 0 Å². The number of piperazine rings is 1. The summed E-state index contributed by atoms with van der Waals surface area (Å²) in [6, 6.07) is 12.1. The Morgan fingerprint density at radius 1 is 0.900 bits per heavy atom. The maximum Gasteiger partial charge on any atom is 0.338 e. The van der Waals surface area contributed by atoms with E-state index >= 15 is 0 Å². The minimum absolute atomic E-state index is 0.201. The van der Waals surface area contributed by atoms with Crippen LogP contribution in [0.15, 0.2) is 47.4 Å². The van der Waals surface area contributed by atoms with Gasteiger partial charge in [-0.2, -0.15) is 4.31 Å². The first-order valence-electron chi connectivity index (χ1n) is 9.77. The summed E-state index contributed by atoms with van der Waals surface area (Å²) in [4.78, 5) is 26.4. The molecule has 1 aliphatic heterocycles. The van der Waals surface area contributed by atoms with Gasteiger partial charge in [-0.25, -0.2) is 13.2 Å². The number of sulfonamides is 1. The van der Waals surface area contributed by atoms with Crippen molar-refractivity contribution in [1.29, 1.82) is 0 Å². The summed E-state index contributed by atoms with van der Waals surface area (Å²) < 4.78 is 32.1. The summed E-state index contributed by atoms with van der Waals surface area (Å²) in [6.45, 7) is 6.20. The molecule has 0 unspecified atom stereocenters. The normalized spacial score (nSPS) is 15.1. The first-order chi connectivity index (χ1) is 14.2. The maximum atomic E-state index is 12.8. The number of hydrogen-bond donors (Lipinski definition) is 0. The molecule has 0 radical (unpaired) electrons. The minimum atomic E-state index is -3.59. The number of hydrogen-bond acceptors (Lipinski definition) is 5. The van der Waals surface area contributed by atoms with Crippen molar-refractivity contribution >= 4 is 21.9 Å². The zero-order valence-corrected chi connectivity index (χ0v) is 18.2. The highest BCUT2D eigenvalue weighted by molar-refractivity contribution is 7.89. The average molecular weight is 431 g/mol. The molecule has 1 saturated heterocycles. The fourth-order valence-electron chi connectivity index (χ4n) is 3.38. The predicted molar refractivity (Wildman–Crippen MR) is 113 cm³/mol. The molecule has 0 bridgehead atoms. The van der Waals surface area contributed by atoms with Crippen LogP contribution in [-0.2, 0) is 19.6 Å². The van der Waals surface area contributed by atoms with Gasteiger partial charge in [0, 0.05) is 26.2 Å². The molecule has 160 valence electrons. The molecule has 7 nitrogen and oxygen atoms in total. The smallest absolute Gasteiger partial charge is 0.338 e. The van der Waals surface area contributed by atoms with Crippen LogP contribution in [0.3, 0.4) is 0 Å². The van der Waals surface area contributed by atoms with E-state index in [2.05, 4.69) is 0 Å². The molecule has 0 atom stereocenters. The lowest BCUT2D eigenvalue weighted by Crippen LogP contribution is -2.51. The number of nitrogens with zero attached hydrogens (tertiary/aromatic N) is 2. The zero-order chi connectivity index (χ0) is 21.9. The molecule has 0 N–H and O–H groups in total. The van der Waals surface area contributed by atoms with Gasteiger partial charge < -0.3 is 9.64 Å². The topological polar surface area (TPSA) is 84.0 Å². The summed E-state index contributed by atoms with van der Waals surface area (Å²) in [5.74, 6) is -0.873. The Bertz CT molecular complexity index is 1040. The van der Waals surface area contributed by atoms with Gasteiger partial charge in [-0.15, -0.1) is 0 Å². The molecule has 3 rings (SSSR count). The highest BCUT2D eigenvalue weighted by Crippen LogP contribution is 2.18. The molecule has 1 amide bonds. The molecule has 1 aliphatic rings. The van der Waals surface area contributed by atoms with Crippen molar-refractivity contribution in [3.05, 3.63) is 64.7 Å². The monoisotopic (exact) mass is 430 g/mol. The van der Waals surface area contributed by atoms with Crippen molar-refractivity contribution in [2.24, 2.45) is 0 Å². The highest BCUT2D eigenvalue weighted by atomic mass is 32.2. The molecule has 0 spiro atoms. The number of esters is 1. The summed E-state index contributed by atoms with van der Waals surface area (Å²) >= 11 is 0. The van der Waals surface area contributed by atoms with E-state index in [-0.39, 0.29) is 43.6 Å². The fraction of sp³-hybridized carbons (Fsp3) is 0.364. The standard InChI is InChI=1S/C22H26N2O5S/c1-16-4-7-19(8-5-16)30(27,28)24-12-10-23(11-13-24)21(25)15-29-22(26)20-9-6-17(2)14-18(20)3/h4-9,14H,10-13,15H2,1-3H3. The summed E-state index contributed by atoms with van der Waals surface area (Å²) in [6.07, 6.45) is 0. The number of benzene rings is 2. The van der Waals surface area contributed by atoms with E-state index < -0.39 is 16.0 Å². The van der Waals surface area contributed by atoms with Crippen LogP contribution < -0.4 is 0 Å². The van der Waals surface area contributed by atoms with Gasteiger partial charge in [-0.05, 0) is 44.5 Å². The number of ether oxygens (including phenoxy) is 1. The zero-order valence-electron chi connectivity index (χ0n) is 17.4. The van der Waals surface area contributed by atoms with Crippen LogP contribution in [0.4, 0.5) is 0 Å². The van der Waals surface area contributed by atoms with Crippen molar-refractivity contribution in [2.75, 3.05) is 32.8 Å². The molecular formula is C22H26N2O5S. The Balaban J connectivity index is 1.54. The minimum Gasteiger partial charge on any atom is -0.452 e. The lowest BCUT2D eigenvalue weighted by atomic mass is 10.1. The van der Waals surface area contributed by atoms with E-state index in [0.29, 0.717) is 5.56 Å². The first-order valence-corrected chi connectivity index (χ1v) is 11.2. The summed E-state index contributed by atoms with van der Waals surface area (Å²) in [5, 5.41) is 0. The second-order valence-electron chi connectivity index (χ2n) is 7.49. The van der Waals surface area contributed by atoms with E-state index in [1.54, 1.807) is 30.3 Å². The third kappa shape index (κ3) is 4.88. The number of amides is 1. The molecule has 1 fully saturated rings. The molecule has 0 aromatic heterocycles. The van der Waals surface area contributed by atoms with Crippen LogP contribution >= 0.6 is 0 Å². The molecule has 1 heterocycles. The van der Waals surface area contributed by atoms with Crippen LogP contribution in [-0.4, -0.2) is 62.3 Å². The second-order valence-corrected chi connectivity index (χ2v) is 9.43.